The van der Waals surface area contributed by atoms with Gasteiger partial charge in [-0.1, -0.05) is 54.6 Å². The summed E-state index contributed by atoms with van der Waals surface area (Å²) in [5.74, 6) is -70.5. The van der Waals surface area contributed by atoms with E-state index in [1.54, 1.807) is 0 Å². The predicted molar refractivity (Wildman–Crippen MR) is 195 cm³/mol. The van der Waals surface area contributed by atoms with Crippen molar-refractivity contribution in [3.05, 3.63) is 207 Å². The average Bonchev–Trinajstić information content (AvgIpc) is 3.30. The third-order valence-corrected chi connectivity index (χ3v) is 23.9. The molecule has 338 valence electrons. The van der Waals surface area contributed by atoms with Crippen LogP contribution in [0.2, 0.25) is 0 Å². The first-order valence-electron chi connectivity index (χ1n) is 17.7. The fourth-order valence-electron chi connectivity index (χ4n) is 7.16. The average molecular weight is 1020 g/mol. The molecule has 22 heteroatoms. The molecule has 7 rings (SSSR count). The van der Waals surface area contributed by atoms with Crippen LogP contribution in [0.3, 0.4) is 0 Å². The van der Waals surface area contributed by atoms with E-state index >= 15 is 35.1 Å². The Labute approximate surface area is 357 Å². The van der Waals surface area contributed by atoms with Gasteiger partial charge in [0, 0.05) is 5.56 Å². The zero-order chi connectivity index (χ0) is 48.1. The maximum atomic E-state index is 15.4. The molecule has 0 aliphatic heterocycles. The molecule has 0 heterocycles. The van der Waals surface area contributed by atoms with Crippen molar-refractivity contribution in [3.8, 4) is 0 Å². The van der Waals surface area contributed by atoms with Gasteiger partial charge in [-0.3, -0.25) is 0 Å². The molecule has 0 bridgehead atoms. The SMILES string of the molecule is Cc1ccccc1[S+](c1ccccc1)c1ccccc1.Fc1c(F)c(F)[c]([Ga-]([c]2c(F)c(F)c(F)c(F)c2F)([c]2c(F)c(F)c(F)c(F)c2F)[c]2c(F)c(F)c(F)c(F)c2F)c(F)c1F. The second kappa shape index (κ2) is 18.5. The molecule has 0 radical (unpaired) electrons. The van der Waals surface area contributed by atoms with Gasteiger partial charge in [0.2, 0.25) is 0 Å². The van der Waals surface area contributed by atoms with Crippen LogP contribution in [-0.2, 0) is 10.9 Å². The van der Waals surface area contributed by atoms with Crippen LogP contribution in [0.4, 0.5) is 87.8 Å². The third-order valence-electron chi connectivity index (χ3n) is 9.98. The molecule has 7 aromatic rings. The van der Waals surface area contributed by atoms with Crippen LogP contribution in [0, 0.1) is 123 Å². The Bertz CT molecular complexity index is 2580. The minimum atomic E-state index is -9.74. The van der Waals surface area contributed by atoms with Crippen LogP contribution in [0.5, 0.6) is 0 Å². The fourth-order valence-corrected chi connectivity index (χ4v) is 21.5. The number of aryl methyl sites for hydroxylation is 1. The van der Waals surface area contributed by atoms with Crippen molar-refractivity contribution >= 4 is 42.4 Å². The summed E-state index contributed by atoms with van der Waals surface area (Å²) in [5, 5.41) is 0. The molecular formula is C43H17F20GaS. The molecule has 0 fully saturated rings. The molecule has 0 spiro atoms. The van der Waals surface area contributed by atoms with Crippen molar-refractivity contribution in [2.24, 2.45) is 0 Å². The van der Waals surface area contributed by atoms with E-state index in [2.05, 4.69) is 91.9 Å². The number of rotatable bonds is 7. The van der Waals surface area contributed by atoms with Crippen molar-refractivity contribution in [1.29, 1.82) is 0 Å². The molecule has 0 nitrogen and oxygen atoms in total. The summed E-state index contributed by atoms with van der Waals surface area (Å²) in [7, 11) is -0.0262. The first kappa shape index (κ1) is 48.6. The first-order valence-corrected chi connectivity index (χ1v) is 23.8. The zero-order valence-corrected chi connectivity index (χ0v) is 34.9. The molecule has 0 aliphatic rings. The second-order valence-corrected chi connectivity index (χ2v) is 24.0. The molecule has 0 saturated carbocycles. The molecule has 0 N–H and O–H groups in total. The fraction of sp³-hybridized carbons (Fsp3) is 0.0233. The van der Waals surface area contributed by atoms with Crippen molar-refractivity contribution in [2.45, 2.75) is 21.6 Å². The molecular weight excluding hydrogens is 998 g/mol. The molecule has 7 aromatic carbocycles. The van der Waals surface area contributed by atoms with Gasteiger partial charge in [-0.25, -0.2) is 0 Å². The van der Waals surface area contributed by atoms with Crippen molar-refractivity contribution in [3.63, 3.8) is 0 Å². The van der Waals surface area contributed by atoms with E-state index in [4.69, 9.17) is 0 Å². The van der Waals surface area contributed by atoms with Gasteiger partial charge in [-0.15, -0.1) is 0 Å². The third kappa shape index (κ3) is 7.81. The van der Waals surface area contributed by atoms with Crippen LogP contribution < -0.4 is 16.5 Å². The second-order valence-electron chi connectivity index (χ2n) is 13.5. The van der Waals surface area contributed by atoms with E-state index in [1.165, 1.54) is 20.2 Å². The number of halogens is 20. The van der Waals surface area contributed by atoms with E-state index in [0.717, 1.165) is 0 Å². The van der Waals surface area contributed by atoms with Crippen LogP contribution in [0.25, 0.3) is 0 Å². The Morgan fingerprint density at radius 3 is 0.692 bits per heavy atom. The predicted octanol–water partition coefficient (Wildman–Crippen LogP) is 10.9. The number of hydrogen-bond donors (Lipinski definition) is 0. The summed E-state index contributed by atoms with van der Waals surface area (Å²) < 4.78 is 281. The first-order chi connectivity index (χ1) is 30.6. The summed E-state index contributed by atoms with van der Waals surface area (Å²) >= 11 is -9.74. The maximum absolute atomic E-state index is 15.4. The quantitative estimate of drug-likeness (QED) is 0.0491. The Balaban J connectivity index is 0.000000289. The Hall–Kier alpha value is -5.87. The van der Waals surface area contributed by atoms with Crippen LogP contribution in [-0.4, -0.2) is 15.0 Å². The summed E-state index contributed by atoms with van der Waals surface area (Å²) in [6.07, 6.45) is 0. The molecule has 0 saturated heterocycles. The summed E-state index contributed by atoms with van der Waals surface area (Å²) in [5.41, 5.74) is 1.35. The van der Waals surface area contributed by atoms with Gasteiger partial charge in [0.05, 0.1) is 10.9 Å². The van der Waals surface area contributed by atoms with Crippen LogP contribution >= 0.6 is 0 Å². The van der Waals surface area contributed by atoms with Crippen molar-refractivity contribution < 1.29 is 87.8 Å². The molecule has 0 amide bonds. The van der Waals surface area contributed by atoms with Gasteiger partial charge in [0.15, 0.2) is 14.7 Å². The van der Waals surface area contributed by atoms with Gasteiger partial charge in [-0.2, -0.15) is 0 Å². The Morgan fingerprint density at radius 1 is 0.262 bits per heavy atom. The van der Waals surface area contributed by atoms with Crippen molar-refractivity contribution in [1.82, 2.24) is 0 Å². The van der Waals surface area contributed by atoms with Gasteiger partial charge < -0.3 is 0 Å². The summed E-state index contributed by atoms with van der Waals surface area (Å²) in [6, 6.07) is 30.2. The molecule has 0 atom stereocenters. The van der Waals surface area contributed by atoms with E-state index in [-0.39, 0.29) is 10.9 Å². The summed E-state index contributed by atoms with van der Waals surface area (Å²) in [4.78, 5) is 4.14. The Kier molecular flexibility index (Phi) is 13.9. The van der Waals surface area contributed by atoms with Gasteiger partial charge in [-0.05, 0) is 37.3 Å². The molecule has 0 aliphatic carbocycles. The number of benzene rings is 7. The van der Waals surface area contributed by atoms with Crippen LogP contribution in [0.15, 0.2) is 99.6 Å². The van der Waals surface area contributed by atoms with Gasteiger partial charge in [0.1, 0.15) is 0 Å². The molecule has 0 unspecified atom stereocenters. The normalized spacial score (nSPS) is 11.6. The van der Waals surface area contributed by atoms with E-state index in [9.17, 15) is 52.7 Å². The molecule has 65 heavy (non-hydrogen) atoms. The van der Waals surface area contributed by atoms with E-state index in [0.29, 0.717) is 0 Å². The topological polar surface area (TPSA) is 0 Å². The standard InChI is InChI=1S/C19H17S.4C6F5.Ga/c1-16-10-8-9-15-19(16)20(17-11-4-2-5-12-17)18-13-6-3-7-14-18;4*7-2-1-3(8)5(10)6(11)4(2)9;/h2-15H,1H3;;;;;/q+1;;;;;-1. The van der Waals surface area contributed by atoms with E-state index in [1.807, 2.05) is 0 Å². The molecule has 0 aromatic heterocycles. The Morgan fingerprint density at radius 2 is 0.462 bits per heavy atom. The van der Waals surface area contributed by atoms with E-state index < -0.39 is 148 Å². The zero-order valence-electron chi connectivity index (χ0n) is 31.6. The minimum absolute atomic E-state index is 0.0262. The number of hydrogen-bond acceptors (Lipinski definition) is 0. The van der Waals surface area contributed by atoms with Crippen molar-refractivity contribution in [2.75, 3.05) is 0 Å². The van der Waals surface area contributed by atoms with Gasteiger partial charge >= 0.3 is 236 Å². The summed E-state index contributed by atoms with van der Waals surface area (Å²) in [6.45, 7) is 2.20. The van der Waals surface area contributed by atoms with Gasteiger partial charge in [0.25, 0.3) is 0 Å². The monoisotopic (exact) mass is 1010 g/mol. The van der Waals surface area contributed by atoms with Crippen LogP contribution in [0.1, 0.15) is 5.56 Å².